The highest BCUT2D eigenvalue weighted by Gasteiger charge is 2.21. The van der Waals surface area contributed by atoms with E-state index in [1.165, 1.54) is 16.6 Å². The summed E-state index contributed by atoms with van der Waals surface area (Å²) in [6.07, 6.45) is 0. The van der Waals surface area contributed by atoms with Gasteiger partial charge in [-0.1, -0.05) is 43.8 Å². The van der Waals surface area contributed by atoms with Gasteiger partial charge in [-0.25, -0.2) is 4.68 Å². The van der Waals surface area contributed by atoms with Crippen molar-refractivity contribution in [1.29, 1.82) is 0 Å². The van der Waals surface area contributed by atoms with Crippen LogP contribution in [0.25, 0.3) is 0 Å². The van der Waals surface area contributed by atoms with Crippen LogP contribution in [0.5, 0.6) is 0 Å². The van der Waals surface area contributed by atoms with Crippen LogP contribution in [0.15, 0.2) is 27.2 Å². The largest absolute Gasteiger partial charge is 0.338 e. The quantitative estimate of drug-likeness (QED) is 0.662. The van der Waals surface area contributed by atoms with Crippen molar-refractivity contribution in [3.63, 3.8) is 0 Å². The van der Waals surface area contributed by atoms with E-state index in [9.17, 15) is 0 Å². The number of thiophene rings is 1. The monoisotopic (exact) mass is 336 g/mol. The van der Waals surface area contributed by atoms with Crippen LogP contribution in [0.4, 0.5) is 0 Å². The van der Waals surface area contributed by atoms with Crippen molar-refractivity contribution in [3.05, 3.63) is 34.1 Å². The van der Waals surface area contributed by atoms with Crippen LogP contribution in [-0.2, 0) is 17.7 Å². The SMILES string of the molecule is CC(C)(C)c1noc(CSc2nnnn2Cc2cccs2)n1. The maximum absolute atomic E-state index is 5.28. The van der Waals surface area contributed by atoms with Gasteiger partial charge in [-0.3, -0.25) is 0 Å². The second-order valence-corrected chi connectivity index (χ2v) is 7.72. The molecule has 0 bridgehead atoms. The molecule has 0 aliphatic heterocycles. The Hall–Kier alpha value is -1.74. The summed E-state index contributed by atoms with van der Waals surface area (Å²) < 4.78 is 7.05. The Balaban J connectivity index is 1.65. The first kappa shape index (κ1) is 15.2. The third-order valence-corrected chi connectivity index (χ3v) is 4.65. The van der Waals surface area contributed by atoms with Crippen LogP contribution >= 0.6 is 23.1 Å². The predicted octanol–water partition coefficient (Wildman–Crippen LogP) is 2.76. The lowest BCUT2D eigenvalue weighted by Gasteiger charge is -2.10. The highest BCUT2D eigenvalue weighted by atomic mass is 32.2. The van der Waals surface area contributed by atoms with Gasteiger partial charge in [0.05, 0.1) is 12.3 Å². The lowest BCUT2D eigenvalue weighted by atomic mass is 9.96. The second kappa shape index (κ2) is 6.17. The van der Waals surface area contributed by atoms with E-state index in [1.54, 1.807) is 16.0 Å². The molecule has 3 aromatic rings. The molecule has 3 aromatic heterocycles. The molecule has 7 nitrogen and oxygen atoms in total. The molecule has 0 amide bonds. The van der Waals surface area contributed by atoms with Crippen molar-refractivity contribution in [1.82, 2.24) is 30.3 Å². The van der Waals surface area contributed by atoms with Crippen LogP contribution in [0.1, 0.15) is 37.4 Å². The van der Waals surface area contributed by atoms with Crippen molar-refractivity contribution in [2.75, 3.05) is 0 Å². The van der Waals surface area contributed by atoms with Crippen LogP contribution in [0.2, 0.25) is 0 Å². The summed E-state index contributed by atoms with van der Waals surface area (Å²) in [5, 5.41) is 18.6. The Morgan fingerprint density at radius 1 is 1.36 bits per heavy atom. The molecule has 0 aliphatic rings. The zero-order valence-electron chi connectivity index (χ0n) is 12.6. The molecule has 0 saturated heterocycles. The number of rotatable bonds is 5. The van der Waals surface area contributed by atoms with Crippen molar-refractivity contribution in [3.8, 4) is 0 Å². The van der Waals surface area contributed by atoms with Gasteiger partial charge in [-0.2, -0.15) is 4.98 Å². The Morgan fingerprint density at radius 3 is 2.91 bits per heavy atom. The average Bonchev–Trinajstić information content (AvgIpc) is 3.17. The van der Waals surface area contributed by atoms with E-state index in [1.807, 2.05) is 11.4 Å². The fraction of sp³-hybridized carbons (Fsp3) is 0.462. The van der Waals surface area contributed by atoms with Crippen molar-refractivity contribution < 1.29 is 4.52 Å². The zero-order chi connectivity index (χ0) is 15.6. The Bertz CT molecular complexity index is 728. The summed E-state index contributed by atoms with van der Waals surface area (Å²) in [7, 11) is 0. The predicted molar refractivity (Wildman–Crippen MR) is 83.8 cm³/mol. The maximum atomic E-state index is 5.28. The minimum Gasteiger partial charge on any atom is -0.338 e. The first-order valence-electron chi connectivity index (χ1n) is 6.77. The smallest absolute Gasteiger partial charge is 0.237 e. The fourth-order valence-electron chi connectivity index (χ4n) is 1.69. The molecule has 0 atom stereocenters. The van der Waals surface area contributed by atoms with Crippen molar-refractivity contribution >= 4 is 23.1 Å². The van der Waals surface area contributed by atoms with Crippen LogP contribution in [0, 0.1) is 0 Å². The van der Waals surface area contributed by atoms with Gasteiger partial charge < -0.3 is 4.52 Å². The number of nitrogens with zero attached hydrogens (tertiary/aromatic N) is 6. The third-order valence-electron chi connectivity index (χ3n) is 2.85. The van der Waals surface area contributed by atoms with Gasteiger partial charge >= 0.3 is 0 Å². The molecule has 116 valence electrons. The second-order valence-electron chi connectivity index (χ2n) is 5.75. The Morgan fingerprint density at radius 2 is 2.23 bits per heavy atom. The molecule has 0 aliphatic carbocycles. The Kier molecular flexibility index (Phi) is 4.25. The lowest BCUT2D eigenvalue weighted by molar-refractivity contribution is 0.372. The van der Waals surface area contributed by atoms with E-state index < -0.39 is 0 Å². The lowest BCUT2D eigenvalue weighted by Crippen LogP contribution is -2.13. The minimum atomic E-state index is -0.118. The van der Waals surface area contributed by atoms with Crippen LogP contribution < -0.4 is 0 Å². The molecule has 0 spiro atoms. The van der Waals surface area contributed by atoms with Gasteiger partial charge in [0, 0.05) is 10.3 Å². The number of tetrazole rings is 1. The molecule has 0 radical (unpaired) electrons. The van der Waals surface area contributed by atoms with Gasteiger partial charge in [-0.15, -0.1) is 16.4 Å². The van der Waals surface area contributed by atoms with Crippen molar-refractivity contribution in [2.24, 2.45) is 0 Å². The van der Waals surface area contributed by atoms with E-state index in [2.05, 4.69) is 52.5 Å². The van der Waals surface area contributed by atoms with Gasteiger partial charge in [0.2, 0.25) is 11.0 Å². The molecule has 3 heterocycles. The van der Waals surface area contributed by atoms with Gasteiger partial charge in [-0.05, 0) is 21.9 Å². The van der Waals surface area contributed by atoms with Gasteiger partial charge in [0.25, 0.3) is 0 Å². The van der Waals surface area contributed by atoms with Crippen molar-refractivity contribution in [2.45, 2.75) is 43.6 Å². The maximum Gasteiger partial charge on any atom is 0.237 e. The highest BCUT2D eigenvalue weighted by Crippen LogP contribution is 2.23. The van der Waals surface area contributed by atoms with E-state index in [4.69, 9.17) is 4.52 Å². The molecule has 9 heteroatoms. The van der Waals surface area contributed by atoms with E-state index >= 15 is 0 Å². The highest BCUT2D eigenvalue weighted by molar-refractivity contribution is 7.98. The van der Waals surface area contributed by atoms with E-state index in [-0.39, 0.29) is 5.41 Å². The molecule has 0 aromatic carbocycles. The van der Waals surface area contributed by atoms with Crippen LogP contribution in [0.3, 0.4) is 0 Å². The Labute approximate surface area is 136 Å². The summed E-state index contributed by atoms with van der Waals surface area (Å²) in [6, 6.07) is 4.08. The molecule has 22 heavy (non-hydrogen) atoms. The number of hydrogen-bond acceptors (Lipinski definition) is 8. The minimum absolute atomic E-state index is 0.118. The molecule has 3 rings (SSSR count). The summed E-state index contributed by atoms with van der Waals surface area (Å²) >= 11 is 3.17. The van der Waals surface area contributed by atoms with E-state index in [0.717, 1.165) is 5.16 Å². The average molecular weight is 336 g/mol. The third kappa shape index (κ3) is 3.53. The summed E-state index contributed by atoms with van der Waals surface area (Å²) in [5.41, 5.74) is -0.118. The summed E-state index contributed by atoms with van der Waals surface area (Å²) in [5.74, 6) is 1.84. The van der Waals surface area contributed by atoms with Crippen LogP contribution in [-0.4, -0.2) is 30.3 Å². The number of hydrogen-bond donors (Lipinski definition) is 0. The number of aromatic nitrogens is 6. The first-order valence-corrected chi connectivity index (χ1v) is 8.63. The summed E-state index contributed by atoms with van der Waals surface area (Å²) in [6.45, 7) is 6.83. The topological polar surface area (TPSA) is 82.5 Å². The molecule has 0 N–H and O–H groups in total. The number of thioether (sulfide) groups is 1. The molecule has 0 saturated carbocycles. The molecular weight excluding hydrogens is 320 g/mol. The fourth-order valence-corrected chi connectivity index (χ4v) is 3.09. The standard InChI is InChI=1S/C13H16N6OS2/c1-13(2,3)11-14-10(20-16-11)8-22-12-15-17-18-19(12)7-9-5-4-6-21-9/h4-6H,7-8H2,1-3H3. The summed E-state index contributed by atoms with van der Waals surface area (Å²) in [4.78, 5) is 5.62. The molecular formula is C13H16N6OS2. The first-order chi connectivity index (χ1) is 10.5. The molecule has 0 unspecified atom stereocenters. The zero-order valence-corrected chi connectivity index (χ0v) is 14.2. The van der Waals surface area contributed by atoms with Gasteiger partial charge in [0.15, 0.2) is 5.82 Å². The van der Waals surface area contributed by atoms with Gasteiger partial charge in [0.1, 0.15) is 0 Å². The molecule has 0 fully saturated rings. The normalized spacial score (nSPS) is 12.0. The van der Waals surface area contributed by atoms with E-state index in [0.29, 0.717) is 24.0 Å².